The predicted octanol–water partition coefficient (Wildman–Crippen LogP) is 3.72. The first kappa shape index (κ1) is 12.1. The first-order valence-corrected chi connectivity index (χ1v) is 6.78. The summed E-state index contributed by atoms with van der Waals surface area (Å²) in [5, 5.41) is 3.43. The van der Waals surface area contributed by atoms with Crippen molar-refractivity contribution in [3.05, 3.63) is 59.2 Å². The highest BCUT2D eigenvalue weighted by molar-refractivity contribution is 5.57. The van der Waals surface area contributed by atoms with Crippen LogP contribution in [0.1, 0.15) is 16.7 Å². The summed E-state index contributed by atoms with van der Waals surface area (Å²) in [6, 6.07) is 14.8. The number of hydrogen-bond donors (Lipinski definition) is 1. The number of hydrogen-bond acceptors (Lipinski definition) is 2. The lowest BCUT2D eigenvalue weighted by Crippen LogP contribution is -2.32. The van der Waals surface area contributed by atoms with Crippen molar-refractivity contribution in [1.82, 2.24) is 0 Å². The number of rotatable bonds is 2. The molecule has 1 unspecified atom stereocenters. The summed E-state index contributed by atoms with van der Waals surface area (Å²) >= 11 is 0. The molecule has 2 heteroatoms. The van der Waals surface area contributed by atoms with Gasteiger partial charge in [0.25, 0.3) is 0 Å². The first-order chi connectivity index (χ1) is 9.22. The molecule has 98 valence electrons. The van der Waals surface area contributed by atoms with Crippen LogP contribution in [0.3, 0.4) is 0 Å². The molecule has 0 amide bonds. The van der Waals surface area contributed by atoms with Gasteiger partial charge in [0.1, 0.15) is 11.9 Å². The fourth-order valence-electron chi connectivity index (χ4n) is 2.47. The second kappa shape index (κ2) is 4.96. The van der Waals surface area contributed by atoms with Crippen molar-refractivity contribution in [2.24, 2.45) is 0 Å². The van der Waals surface area contributed by atoms with Crippen LogP contribution in [0.5, 0.6) is 5.75 Å². The molecule has 1 atom stereocenters. The standard InChI is InChI=1S/C17H19NO/c1-12-7-8-14(9-13(12)2)10-15-11-18-16-5-3-4-6-17(16)19-15/h3-9,15,18H,10-11H2,1-2H3. The van der Waals surface area contributed by atoms with Crippen LogP contribution in [0, 0.1) is 13.8 Å². The summed E-state index contributed by atoms with van der Waals surface area (Å²) in [5.41, 5.74) is 5.13. The molecule has 0 aliphatic carbocycles. The van der Waals surface area contributed by atoms with Gasteiger partial charge in [0.2, 0.25) is 0 Å². The molecule has 0 radical (unpaired) electrons. The third-order valence-corrected chi connectivity index (χ3v) is 3.74. The molecule has 1 heterocycles. The summed E-state index contributed by atoms with van der Waals surface area (Å²) in [6.07, 6.45) is 1.15. The highest BCUT2D eigenvalue weighted by Gasteiger charge is 2.19. The van der Waals surface area contributed by atoms with Crippen LogP contribution in [-0.4, -0.2) is 12.6 Å². The Labute approximate surface area is 114 Å². The third-order valence-electron chi connectivity index (χ3n) is 3.74. The second-order valence-electron chi connectivity index (χ2n) is 5.24. The smallest absolute Gasteiger partial charge is 0.142 e. The summed E-state index contributed by atoms with van der Waals surface area (Å²) in [4.78, 5) is 0. The molecule has 19 heavy (non-hydrogen) atoms. The minimum Gasteiger partial charge on any atom is -0.486 e. The van der Waals surface area contributed by atoms with Gasteiger partial charge in [-0.1, -0.05) is 30.3 Å². The van der Waals surface area contributed by atoms with E-state index in [4.69, 9.17) is 4.74 Å². The van der Waals surface area contributed by atoms with Gasteiger partial charge in [-0.25, -0.2) is 0 Å². The van der Waals surface area contributed by atoms with Crippen molar-refractivity contribution in [1.29, 1.82) is 0 Å². The van der Waals surface area contributed by atoms with Crippen LogP contribution in [-0.2, 0) is 6.42 Å². The van der Waals surface area contributed by atoms with E-state index in [0.29, 0.717) is 0 Å². The first-order valence-electron chi connectivity index (χ1n) is 6.78. The molecular weight excluding hydrogens is 234 g/mol. The summed E-state index contributed by atoms with van der Waals surface area (Å²) in [5.74, 6) is 0.961. The topological polar surface area (TPSA) is 21.3 Å². The number of para-hydroxylation sites is 2. The van der Waals surface area contributed by atoms with Crippen LogP contribution in [0.25, 0.3) is 0 Å². The lowest BCUT2D eigenvalue weighted by Gasteiger charge is -2.27. The molecule has 0 fully saturated rings. The fourth-order valence-corrected chi connectivity index (χ4v) is 2.47. The van der Waals surface area contributed by atoms with Crippen LogP contribution < -0.4 is 10.1 Å². The average molecular weight is 253 g/mol. The quantitative estimate of drug-likeness (QED) is 0.880. The van der Waals surface area contributed by atoms with E-state index >= 15 is 0 Å². The summed E-state index contributed by atoms with van der Waals surface area (Å²) in [7, 11) is 0. The summed E-state index contributed by atoms with van der Waals surface area (Å²) < 4.78 is 6.04. The van der Waals surface area contributed by atoms with Gasteiger partial charge in [-0.15, -0.1) is 0 Å². The van der Waals surface area contributed by atoms with Crippen molar-refractivity contribution >= 4 is 5.69 Å². The van der Waals surface area contributed by atoms with Crippen molar-refractivity contribution in [3.63, 3.8) is 0 Å². The van der Waals surface area contributed by atoms with Crippen LogP contribution >= 0.6 is 0 Å². The van der Waals surface area contributed by atoms with Gasteiger partial charge in [-0.2, -0.15) is 0 Å². The zero-order chi connectivity index (χ0) is 13.2. The molecule has 2 aromatic carbocycles. The van der Waals surface area contributed by atoms with Gasteiger partial charge >= 0.3 is 0 Å². The highest BCUT2D eigenvalue weighted by Crippen LogP contribution is 2.29. The molecule has 0 saturated carbocycles. The Morgan fingerprint density at radius 1 is 1.11 bits per heavy atom. The van der Waals surface area contributed by atoms with Crippen molar-refractivity contribution in [3.8, 4) is 5.75 Å². The average Bonchev–Trinajstić information content (AvgIpc) is 2.43. The van der Waals surface area contributed by atoms with Crippen molar-refractivity contribution < 1.29 is 4.74 Å². The fraction of sp³-hybridized carbons (Fsp3) is 0.294. The van der Waals surface area contributed by atoms with Crippen LogP contribution in [0.2, 0.25) is 0 Å². The molecule has 0 bridgehead atoms. The molecule has 1 aliphatic rings. The van der Waals surface area contributed by atoms with Gasteiger partial charge in [-0.3, -0.25) is 0 Å². The van der Waals surface area contributed by atoms with Crippen molar-refractivity contribution in [2.45, 2.75) is 26.4 Å². The van der Waals surface area contributed by atoms with E-state index in [1.54, 1.807) is 0 Å². The van der Waals surface area contributed by atoms with E-state index in [9.17, 15) is 0 Å². The number of fused-ring (bicyclic) bond motifs is 1. The zero-order valence-electron chi connectivity index (χ0n) is 11.4. The van der Waals surface area contributed by atoms with Gasteiger partial charge < -0.3 is 10.1 Å². The van der Waals surface area contributed by atoms with Crippen LogP contribution in [0.4, 0.5) is 5.69 Å². The SMILES string of the molecule is Cc1ccc(CC2CNc3ccccc3O2)cc1C. The molecule has 3 rings (SSSR count). The highest BCUT2D eigenvalue weighted by atomic mass is 16.5. The molecule has 0 aromatic heterocycles. The molecule has 2 nitrogen and oxygen atoms in total. The Morgan fingerprint density at radius 3 is 2.79 bits per heavy atom. The number of aryl methyl sites for hydroxylation is 2. The van der Waals surface area contributed by atoms with Gasteiger partial charge in [-0.05, 0) is 42.7 Å². The Kier molecular flexibility index (Phi) is 3.16. The Hall–Kier alpha value is -1.96. The second-order valence-corrected chi connectivity index (χ2v) is 5.24. The maximum Gasteiger partial charge on any atom is 0.142 e. The monoisotopic (exact) mass is 253 g/mol. The largest absolute Gasteiger partial charge is 0.486 e. The Morgan fingerprint density at radius 2 is 1.95 bits per heavy atom. The summed E-state index contributed by atoms with van der Waals surface area (Å²) in [6.45, 7) is 5.17. The maximum absolute atomic E-state index is 6.04. The molecule has 0 saturated heterocycles. The third kappa shape index (κ3) is 2.58. The zero-order valence-corrected chi connectivity index (χ0v) is 11.4. The van der Waals surface area contributed by atoms with Gasteiger partial charge in [0.15, 0.2) is 0 Å². The molecule has 2 aromatic rings. The van der Waals surface area contributed by atoms with E-state index in [2.05, 4.69) is 43.4 Å². The van der Waals surface area contributed by atoms with Crippen molar-refractivity contribution in [2.75, 3.05) is 11.9 Å². The van der Waals surface area contributed by atoms with E-state index in [-0.39, 0.29) is 6.10 Å². The molecule has 1 aliphatic heterocycles. The minimum atomic E-state index is 0.206. The van der Waals surface area contributed by atoms with Gasteiger partial charge in [0, 0.05) is 6.42 Å². The van der Waals surface area contributed by atoms with E-state index < -0.39 is 0 Å². The van der Waals surface area contributed by atoms with E-state index in [1.165, 1.54) is 16.7 Å². The van der Waals surface area contributed by atoms with Gasteiger partial charge in [0.05, 0.1) is 12.2 Å². The number of anilines is 1. The minimum absolute atomic E-state index is 0.206. The Balaban J connectivity index is 1.73. The predicted molar refractivity (Wildman–Crippen MR) is 79.0 cm³/mol. The van der Waals surface area contributed by atoms with E-state index in [1.807, 2.05) is 18.2 Å². The number of ether oxygens (including phenoxy) is 1. The lowest BCUT2D eigenvalue weighted by atomic mass is 10.0. The lowest BCUT2D eigenvalue weighted by molar-refractivity contribution is 0.206. The molecule has 0 spiro atoms. The Bertz CT molecular complexity index is 592. The number of nitrogens with one attached hydrogen (secondary N) is 1. The normalized spacial score (nSPS) is 17.3. The van der Waals surface area contributed by atoms with Crippen LogP contribution in [0.15, 0.2) is 42.5 Å². The number of benzene rings is 2. The molecular formula is C17H19NO. The molecule has 1 N–H and O–H groups in total. The van der Waals surface area contributed by atoms with E-state index in [0.717, 1.165) is 24.4 Å². The maximum atomic E-state index is 6.04.